The van der Waals surface area contributed by atoms with E-state index in [0.29, 0.717) is 12.7 Å². The lowest BCUT2D eigenvalue weighted by atomic mass is 10.3. The van der Waals surface area contributed by atoms with Gasteiger partial charge in [0.05, 0.1) is 6.04 Å². The molecule has 0 saturated carbocycles. The van der Waals surface area contributed by atoms with Gasteiger partial charge in [-0.15, -0.1) is 6.58 Å². The third kappa shape index (κ3) is 4.48. The molecule has 21 heavy (non-hydrogen) atoms. The van der Waals surface area contributed by atoms with Crippen LogP contribution in [0.5, 0.6) is 11.5 Å². The molecule has 110 valence electrons. The molecule has 0 saturated heterocycles. The fourth-order valence-corrected chi connectivity index (χ4v) is 4.18. The smallest absolute Gasteiger partial charge is 0.492 e. The second kappa shape index (κ2) is 7.66. The van der Waals surface area contributed by atoms with Crippen molar-refractivity contribution in [3.63, 3.8) is 0 Å². The molecule has 0 aliphatic heterocycles. The van der Waals surface area contributed by atoms with Gasteiger partial charge < -0.3 is 13.3 Å². The Morgan fingerprint density at radius 2 is 1.38 bits per heavy atom. The molecule has 2 aromatic carbocycles. The Kier molecular flexibility index (Phi) is 5.60. The first-order chi connectivity index (χ1) is 10.3. The largest absolute Gasteiger partial charge is 0.636 e. The van der Waals surface area contributed by atoms with Crippen LogP contribution >= 0.6 is 0 Å². The quantitative estimate of drug-likeness (QED) is 0.537. The average Bonchev–Trinajstić information content (AvgIpc) is 2.50. The third-order valence-corrected chi connectivity index (χ3v) is 5.40. The molecular formula is C17H20O3Si. The van der Waals surface area contributed by atoms with Gasteiger partial charge in [-0.05, 0) is 31.2 Å². The molecular weight excluding hydrogens is 280 g/mol. The average molecular weight is 300 g/mol. The maximum atomic E-state index is 6.11. The van der Waals surface area contributed by atoms with Crippen LogP contribution in [0.4, 0.5) is 0 Å². The van der Waals surface area contributed by atoms with Crippen LogP contribution in [0, 0.1) is 0 Å². The molecule has 2 rings (SSSR count). The minimum atomic E-state index is -2.90. The molecule has 0 aromatic heterocycles. The van der Waals surface area contributed by atoms with Gasteiger partial charge in [-0.1, -0.05) is 42.5 Å². The SMILES string of the molecule is C=CC[Si](OCC)(Oc1ccccc1)Oc1ccccc1. The predicted octanol–water partition coefficient (Wildman–Crippen LogP) is 4.31. The molecule has 0 aliphatic rings. The second-order valence-electron chi connectivity index (χ2n) is 4.44. The molecule has 0 bridgehead atoms. The zero-order chi connectivity index (χ0) is 15.0. The normalized spacial score (nSPS) is 10.9. The molecule has 0 unspecified atom stereocenters. The van der Waals surface area contributed by atoms with Crippen molar-refractivity contribution in [1.82, 2.24) is 0 Å². The Balaban J connectivity index is 2.25. The molecule has 0 aliphatic carbocycles. The maximum absolute atomic E-state index is 6.11. The highest BCUT2D eigenvalue weighted by atomic mass is 28.4. The molecule has 0 amide bonds. The Bertz CT molecular complexity index is 501. The van der Waals surface area contributed by atoms with E-state index in [1.807, 2.05) is 67.6 Å². The third-order valence-electron chi connectivity index (χ3n) is 2.79. The van der Waals surface area contributed by atoms with E-state index >= 15 is 0 Å². The summed E-state index contributed by atoms with van der Waals surface area (Å²) in [5.41, 5.74) is 0. The molecule has 0 heterocycles. The maximum Gasteiger partial charge on any atom is 0.636 e. The minimum absolute atomic E-state index is 0.528. The van der Waals surface area contributed by atoms with E-state index in [1.54, 1.807) is 6.08 Å². The van der Waals surface area contributed by atoms with Gasteiger partial charge in [-0.25, -0.2) is 0 Å². The van der Waals surface area contributed by atoms with Gasteiger partial charge in [0.1, 0.15) is 11.5 Å². The number of allylic oxidation sites excluding steroid dienone is 1. The van der Waals surface area contributed by atoms with Crippen LogP contribution < -0.4 is 8.85 Å². The van der Waals surface area contributed by atoms with Gasteiger partial charge >= 0.3 is 8.80 Å². The van der Waals surface area contributed by atoms with E-state index in [4.69, 9.17) is 13.3 Å². The molecule has 2 aromatic rings. The number of rotatable bonds is 8. The summed E-state index contributed by atoms with van der Waals surface area (Å²) in [6.45, 7) is 6.27. The van der Waals surface area contributed by atoms with Crippen LogP contribution in [-0.4, -0.2) is 15.4 Å². The molecule has 0 fully saturated rings. The van der Waals surface area contributed by atoms with Crippen molar-refractivity contribution in [3.8, 4) is 11.5 Å². The van der Waals surface area contributed by atoms with Crippen molar-refractivity contribution in [2.24, 2.45) is 0 Å². The molecule has 0 N–H and O–H groups in total. The zero-order valence-electron chi connectivity index (χ0n) is 12.2. The van der Waals surface area contributed by atoms with E-state index in [0.717, 1.165) is 11.5 Å². The highest BCUT2D eigenvalue weighted by Crippen LogP contribution is 2.24. The van der Waals surface area contributed by atoms with E-state index in [9.17, 15) is 0 Å². The Hall–Kier alpha value is -2.04. The summed E-state index contributed by atoms with van der Waals surface area (Å²) in [6, 6.07) is 19.8. The predicted molar refractivity (Wildman–Crippen MR) is 86.5 cm³/mol. The highest BCUT2D eigenvalue weighted by molar-refractivity contribution is 6.62. The van der Waals surface area contributed by atoms with E-state index in [-0.39, 0.29) is 0 Å². The second-order valence-corrected chi connectivity index (χ2v) is 6.91. The van der Waals surface area contributed by atoms with Crippen molar-refractivity contribution < 1.29 is 13.3 Å². The highest BCUT2D eigenvalue weighted by Gasteiger charge is 2.44. The van der Waals surface area contributed by atoms with Crippen LogP contribution in [0.3, 0.4) is 0 Å². The first kappa shape index (κ1) is 15.3. The summed E-state index contributed by atoms with van der Waals surface area (Å²) >= 11 is 0. The summed E-state index contributed by atoms with van der Waals surface area (Å²) in [5.74, 6) is 1.49. The number of para-hydroxylation sites is 2. The monoisotopic (exact) mass is 300 g/mol. The van der Waals surface area contributed by atoms with Gasteiger partial charge in [-0.3, -0.25) is 0 Å². The standard InChI is InChI=1S/C17H20O3Si/c1-3-15-21(18-4-2,19-16-11-7-5-8-12-16)20-17-13-9-6-10-14-17/h3,5-14H,1,4,15H2,2H3. The van der Waals surface area contributed by atoms with Gasteiger partial charge in [0.15, 0.2) is 0 Å². The van der Waals surface area contributed by atoms with Crippen molar-refractivity contribution in [3.05, 3.63) is 73.3 Å². The van der Waals surface area contributed by atoms with E-state index < -0.39 is 8.80 Å². The van der Waals surface area contributed by atoms with Gasteiger partial charge in [-0.2, -0.15) is 0 Å². The van der Waals surface area contributed by atoms with E-state index in [1.165, 1.54) is 0 Å². The van der Waals surface area contributed by atoms with E-state index in [2.05, 4.69) is 6.58 Å². The fraction of sp³-hybridized carbons (Fsp3) is 0.176. The lowest BCUT2D eigenvalue weighted by Crippen LogP contribution is -2.51. The van der Waals surface area contributed by atoms with Crippen LogP contribution in [-0.2, 0) is 4.43 Å². The molecule has 0 spiro atoms. The summed E-state index contributed by atoms with van der Waals surface area (Å²) in [6.07, 6.45) is 1.79. The zero-order valence-corrected chi connectivity index (χ0v) is 13.2. The fourth-order valence-electron chi connectivity index (χ4n) is 1.95. The summed E-state index contributed by atoms with van der Waals surface area (Å²) in [7, 11) is -2.90. The van der Waals surface area contributed by atoms with Crippen molar-refractivity contribution in [1.29, 1.82) is 0 Å². The lowest BCUT2D eigenvalue weighted by molar-refractivity contribution is 0.177. The lowest BCUT2D eigenvalue weighted by Gasteiger charge is -2.29. The molecule has 4 heteroatoms. The van der Waals surface area contributed by atoms with Gasteiger partial charge in [0.2, 0.25) is 0 Å². The van der Waals surface area contributed by atoms with Crippen LogP contribution in [0.1, 0.15) is 6.92 Å². The first-order valence-electron chi connectivity index (χ1n) is 7.01. The number of hydrogen-bond acceptors (Lipinski definition) is 3. The van der Waals surface area contributed by atoms with Crippen LogP contribution in [0.25, 0.3) is 0 Å². The number of benzene rings is 2. The number of hydrogen-bond donors (Lipinski definition) is 0. The summed E-state index contributed by atoms with van der Waals surface area (Å²) in [5, 5.41) is 0. The molecule has 3 nitrogen and oxygen atoms in total. The summed E-state index contributed by atoms with van der Waals surface area (Å²) in [4.78, 5) is 0. The summed E-state index contributed by atoms with van der Waals surface area (Å²) < 4.78 is 18.1. The first-order valence-corrected chi connectivity index (χ1v) is 8.94. The minimum Gasteiger partial charge on any atom is -0.492 e. The topological polar surface area (TPSA) is 27.7 Å². The molecule has 0 atom stereocenters. The Morgan fingerprint density at radius 3 is 1.76 bits per heavy atom. The Morgan fingerprint density at radius 1 is 0.905 bits per heavy atom. The van der Waals surface area contributed by atoms with Gasteiger partial charge in [0, 0.05) is 6.61 Å². The van der Waals surface area contributed by atoms with Gasteiger partial charge in [0.25, 0.3) is 0 Å². The van der Waals surface area contributed by atoms with Crippen LogP contribution in [0.15, 0.2) is 73.3 Å². The molecule has 0 radical (unpaired) electrons. The Labute approximate surface area is 127 Å². The van der Waals surface area contributed by atoms with Crippen LogP contribution in [0.2, 0.25) is 6.04 Å². The van der Waals surface area contributed by atoms with Crippen molar-refractivity contribution in [2.75, 3.05) is 6.61 Å². The van der Waals surface area contributed by atoms with Crippen molar-refractivity contribution in [2.45, 2.75) is 13.0 Å². The van der Waals surface area contributed by atoms with Crippen molar-refractivity contribution >= 4 is 8.80 Å².